The third-order valence-electron chi connectivity index (χ3n) is 14.6. The molecule has 0 bridgehead atoms. The first kappa shape index (κ1) is 32.0. The van der Waals surface area contributed by atoms with Crippen molar-refractivity contribution in [3.05, 3.63) is 42.1 Å². The monoisotopic (exact) mass is 650 g/mol. The van der Waals surface area contributed by atoms with Crippen molar-refractivity contribution in [2.24, 2.45) is 34.5 Å². The number of likely N-dealkylation sites (tertiary alicyclic amines) is 1. The highest BCUT2D eigenvalue weighted by Gasteiger charge is 2.65. The van der Waals surface area contributed by atoms with Crippen molar-refractivity contribution >= 4 is 28.5 Å². The summed E-state index contributed by atoms with van der Waals surface area (Å²) >= 11 is 0. The molecule has 9 atom stereocenters. The quantitative estimate of drug-likeness (QED) is 0.474. The minimum Gasteiger partial charge on any atom is -0.377 e. The van der Waals surface area contributed by atoms with Gasteiger partial charge in [0.1, 0.15) is 23.1 Å². The lowest BCUT2D eigenvalue weighted by molar-refractivity contribution is -0.158. The molecule has 1 aromatic carbocycles. The van der Waals surface area contributed by atoms with E-state index in [4.69, 9.17) is 6.42 Å². The molecule has 254 valence electrons. The number of amides is 2. The smallest absolute Gasteiger partial charge is 0.273 e. The number of ketones is 1. The largest absolute Gasteiger partial charge is 0.377 e. The van der Waals surface area contributed by atoms with Crippen LogP contribution in [0.1, 0.15) is 88.5 Å². The van der Waals surface area contributed by atoms with Crippen LogP contribution in [0.15, 0.2) is 36.4 Å². The Balaban J connectivity index is 0.927. The zero-order valence-corrected chi connectivity index (χ0v) is 28.6. The number of nitrogens with zero attached hydrogens (tertiary/aromatic N) is 4. The van der Waals surface area contributed by atoms with Gasteiger partial charge >= 0.3 is 0 Å². The van der Waals surface area contributed by atoms with Gasteiger partial charge in [-0.1, -0.05) is 44.0 Å². The van der Waals surface area contributed by atoms with Gasteiger partial charge in [-0.15, -0.1) is 6.42 Å². The van der Waals surface area contributed by atoms with Gasteiger partial charge in [-0.05, 0) is 99.0 Å². The molecule has 0 spiro atoms. The van der Waals surface area contributed by atoms with Gasteiger partial charge in [-0.2, -0.15) is 0 Å². The normalized spacial score (nSPS) is 39.8. The topological polar surface area (TPSA) is 94.0 Å². The van der Waals surface area contributed by atoms with E-state index in [9.17, 15) is 19.5 Å². The van der Waals surface area contributed by atoms with E-state index in [1.807, 2.05) is 35.2 Å². The Hall–Kier alpha value is -3.28. The van der Waals surface area contributed by atoms with Gasteiger partial charge in [-0.3, -0.25) is 19.3 Å². The fourth-order valence-corrected chi connectivity index (χ4v) is 11.7. The number of para-hydroxylation sites is 1. The first-order valence-electron chi connectivity index (χ1n) is 18.5. The van der Waals surface area contributed by atoms with E-state index >= 15 is 0 Å². The number of aromatic nitrogens is 1. The molecule has 2 amide bonds. The number of Topliss-reactive ketones (excluding diaryl/α,β-unsaturated/α-hetero) is 1. The average Bonchev–Trinajstić information content (AvgIpc) is 3.70. The highest BCUT2D eigenvalue weighted by Crippen LogP contribution is 2.68. The van der Waals surface area contributed by atoms with Crippen LogP contribution in [0.3, 0.4) is 0 Å². The third kappa shape index (κ3) is 4.78. The van der Waals surface area contributed by atoms with E-state index in [1.165, 1.54) is 0 Å². The molecule has 1 N–H and O–H groups in total. The van der Waals surface area contributed by atoms with Gasteiger partial charge < -0.3 is 14.9 Å². The summed E-state index contributed by atoms with van der Waals surface area (Å²) < 4.78 is 0. The van der Waals surface area contributed by atoms with Gasteiger partial charge in [0.05, 0.1) is 11.6 Å². The number of hydrogen-bond donors (Lipinski definition) is 1. The van der Waals surface area contributed by atoms with Crippen molar-refractivity contribution in [1.29, 1.82) is 0 Å². The highest BCUT2D eigenvalue weighted by atomic mass is 16.3. The van der Waals surface area contributed by atoms with E-state index in [0.717, 1.165) is 55.8 Å². The number of carbonyl (C=O) groups is 3. The Morgan fingerprint density at radius 3 is 2.50 bits per heavy atom. The van der Waals surface area contributed by atoms with Crippen molar-refractivity contribution < 1.29 is 19.5 Å². The summed E-state index contributed by atoms with van der Waals surface area (Å²) in [6.07, 6.45) is 14.9. The molecular formula is C40H50N4O4. The fourth-order valence-electron chi connectivity index (χ4n) is 11.7. The molecule has 2 saturated heterocycles. The van der Waals surface area contributed by atoms with Gasteiger partial charge in [0.25, 0.3) is 5.91 Å². The molecule has 2 aliphatic heterocycles. The van der Waals surface area contributed by atoms with Crippen LogP contribution in [0.5, 0.6) is 0 Å². The number of pyridine rings is 1. The molecule has 0 radical (unpaired) electrons. The number of fused-ring (bicyclic) bond motifs is 6. The number of terminal acetylenes is 1. The number of hydrogen-bond acceptors (Lipinski definition) is 6. The van der Waals surface area contributed by atoms with Crippen LogP contribution in [0.2, 0.25) is 0 Å². The lowest BCUT2D eigenvalue weighted by Gasteiger charge is -2.62. The van der Waals surface area contributed by atoms with E-state index in [0.29, 0.717) is 87.1 Å². The molecule has 4 aliphatic carbocycles. The van der Waals surface area contributed by atoms with Crippen LogP contribution in [0.4, 0.5) is 0 Å². The molecule has 6 aliphatic rings. The molecule has 2 aromatic rings. The number of piperazine rings is 1. The lowest BCUT2D eigenvalue weighted by atomic mass is 9.44. The van der Waals surface area contributed by atoms with Crippen LogP contribution in [0, 0.1) is 46.8 Å². The SMILES string of the molecule is C#C[C@]1(O)CCC2C3CCC4CC(=O)[C@@H](N5CCN(C(=O)C6CCCN6C(=O)c6ccc7ccccc7n6)CC5)C[C@]4(C)C3CC[C@@]21C. The van der Waals surface area contributed by atoms with E-state index < -0.39 is 11.6 Å². The van der Waals surface area contributed by atoms with E-state index in [1.54, 1.807) is 11.0 Å². The Morgan fingerprint density at radius 2 is 1.71 bits per heavy atom. The first-order valence-corrected chi connectivity index (χ1v) is 18.5. The zero-order valence-electron chi connectivity index (χ0n) is 28.6. The summed E-state index contributed by atoms with van der Waals surface area (Å²) in [5, 5.41) is 12.4. The summed E-state index contributed by atoms with van der Waals surface area (Å²) in [5.74, 6) is 4.98. The standard InChI is InChI=1S/C40H50N4O4/c1-4-40(48)18-16-30-28-13-12-27-24-35(45)34(25-38(27,2)29(28)15-17-39(30,40)3)42-20-22-43(23-21-42)37(47)33-10-7-19-44(33)36(46)32-14-11-26-8-5-6-9-31(26)41-32/h1,5-6,8-9,11,14,27-30,33-34,48H,7,10,12-13,15-25H2,2-3H3/t27?,28?,29?,30?,33?,34-,38-,39-,40-/m0/s1. The Kier molecular flexibility index (Phi) is 7.76. The predicted octanol–water partition coefficient (Wildman–Crippen LogP) is 4.94. The van der Waals surface area contributed by atoms with Crippen molar-refractivity contribution in [3.8, 4) is 12.3 Å². The molecule has 48 heavy (non-hydrogen) atoms. The zero-order chi connectivity index (χ0) is 33.4. The van der Waals surface area contributed by atoms with Crippen molar-refractivity contribution in [2.75, 3.05) is 32.7 Å². The van der Waals surface area contributed by atoms with Crippen molar-refractivity contribution in [2.45, 2.75) is 95.7 Å². The van der Waals surface area contributed by atoms with E-state index in [2.05, 4.69) is 29.7 Å². The lowest BCUT2D eigenvalue weighted by Crippen LogP contribution is -2.62. The number of rotatable bonds is 3. The van der Waals surface area contributed by atoms with Crippen LogP contribution in [-0.2, 0) is 9.59 Å². The van der Waals surface area contributed by atoms with Crippen LogP contribution < -0.4 is 0 Å². The summed E-state index contributed by atoms with van der Waals surface area (Å²) in [4.78, 5) is 51.8. The number of aliphatic hydroxyl groups is 1. The van der Waals surface area contributed by atoms with Crippen LogP contribution in [0.25, 0.3) is 10.9 Å². The Morgan fingerprint density at radius 1 is 0.938 bits per heavy atom. The van der Waals surface area contributed by atoms with Crippen LogP contribution >= 0.6 is 0 Å². The van der Waals surface area contributed by atoms with Gasteiger partial charge in [-0.25, -0.2) is 4.98 Å². The minimum atomic E-state index is -1.00. The maximum atomic E-state index is 13.9. The molecule has 3 heterocycles. The molecule has 8 nitrogen and oxygen atoms in total. The summed E-state index contributed by atoms with van der Waals surface area (Å²) in [6, 6.07) is 10.9. The fraction of sp³-hybridized carbons (Fsp3) is 0.650. The average molecular weight is 651 g/mol. The number of benzene rings is 1. The molecular weight excluding hydrogens is 600 g/mol. The summed E-state index contributed by atoms with van der Waals surface area (Å²) in [5.41, 5.74) is 0.0318. The second-order valence-corrected chi connectivity index (χ2v) is 16.5. The summed E-state index contributed by atoms with van der Waals surface area (Å²) in [7, 11) is 0. The van der Waals surface area contributed by atoms with Crippen molar-refractivity contribution in [3.63, 3.8) is 0 Å². The predicted molar refractivity (Wildman–Crippen MR) is 184 cm³/mol. The van der Waals surface area contributed by atoms with Gasteiger partial charge in [0.15, 0.2) is 0 Å². The Bertz CT molecular complexity index is 1680. The minimum absolute atomic E-state index is 0.0205. The van der Waals surface area contributed by atoms with Gasteiger partial charge in [0.2, 0.25) is 5.91 Å². The summed E-state index contributed by atoms with van der Waals surface area (Å²) in [6.45, 7) is 7.78. The molecule has 4 saturated carbocycles. The van der Waals surface area contributed by atoms with Crippen molar-refractivity contribution in [1.82, 2.24) is 19.7 Å². The molecule has 5 unspecified atom stereocenters. The third-order valence-corrected chi connectivity index (χ3v) is 14.6. The molecule has 8 heteroatoms. The first-order chi connectivity index (χ1) is 23.1. The van der Waals surface area contributed by atoms with Crippen LogP contribution in [-0.4, -0.2) is 92.8 Å². The molecule has 6 fully saturated rings. The highest BCUT2D eigenvalue weighted by molar-refractivity contribution is 5.98. The maximum Gasteiger partial charge on any atom is 0.273 e. The molecule has 1 aromatic heterocycles. The maximum absolute atomic E-state index is 13.9. The molecule has 8 rings (SSSR count). The number of carbonyl (C=O) groups excluding carboxylic acids is 3. The Labute approximate surface area is 284 Å². The van der Waals surface area contributed by atoms with E-state index in [-0.39, 0.29) is 28.7 Å². The second-order valence-electron chi connectivity index (χ2n) is 16.5. The second kappa shape index (κ2) is 11.7. The van der Waals surface area contributed by atoms with Gasteiger partial charge in [0, 0.05) is 49.9 Å².